The van der Waals surface area contributed by atoms with Crippen LogP contribution in [0.4, 0.5) is 0 Å². The normalized spacial score (nSPS) is 23.0. The van der Waals surface area contributed by atoms with Gasteiger partial charge in [-0.2, -0.15) is 0 Å². The third kappa shape index (κ3) is 3.47. The molecule has 0 spiro atoms. The standard InChI is InChI=1S/C24H18Cl2N4/c25-19-11-17(27-13-29-19)23-21(15-7-3-1-4-8-15)24(18-12-20(26)30-14-28-18)22(23)16-9-5-2-6-10-16/h1-14,21-24H. The lowest BCUT2D eigenvalue weighted by Gasteiger charge is -2.52. The third-order valence-electron chi connectivity index (χ3n) is 5.91. The fourth-order valence-corrected chi connectivity index (χ4v) is 5.03. The van der Waals surface area contributed by atoms with Crippen molar-refractivity contribution in [3.05, 3.63) is 118 Å². The maximum absolute atomic E-state index is 6.24. The van der Waals surface area contributed by atoms with Gasteiger partial charge in [0.1, 0.15) is 23.0 Å². The van der Waals surface area contributed by atoms with E-state index in [0.717, 1.165) is 11.4 Å². The SMILES string of the molecule is Clc1cc(C2C(c3ccccc3)C(c3cc(Cl)ncn3)C2c2ccccc2)ncn1. The minimum absolute atomic E-state index is 0.133. The zero-order valence-electron chi connectivity index (χ0n) is 15.9. The smallest absolute Gasteiger partial charge is 0.132 e. The average molecular weight is 433 g/mol. The Morgan fingerprint density at radius 1 is 0.500 bits per heavy atom. The molecule has 5 rings (SSSR count). The van der Waals surface area contributed by atoms with Crippen molar-refractivity contribution in [2.45, 2.75) is 23.7 Å². The molecular weight excluding hydrogens is 415 g/mol. The number of nitrogens with zero attached hydrogens (tertiary/aromatic N) is 4. The minimum atomic E-state index is 0.133. The van der Waals surface area contributed by atoms with Crippen molar-refractivity contribution >= 4 is 23.2 Å². The van der Waals surface area contributed by atoms with Gasteiger partial charge in [-0.25, -0.2) is 19.9 Å². The number of benzene rings is 2. The van der Waals surface area contributed by atoms with E-state index in [4.69, 9.17) is 23.2 Å². The summed E-state index contributed by atoms with van der Waals surface area (Å²) in [5.41, 5.74) is 4.36. The molecule has 2 aromatic heterocycles. The summed E-state index contributed by atoms with van der Waals surface area (Å²) >= 11 is 12.5. The maximum Gasteiger partial charge on any atom is 0.132 e. The molecule has 0 unspecified atom stereocenters. The highest BCUT2D eigenvalue weighted by molar-refractivity contribution is 6.29. The van der Waals surface area contributed by atoms with Gasteiger partial charge in [0, 0.05) is 35.1 Å². The van der Waals surface area contributed by atoms with Crippen molar-refractivity contribution in [1.82, 2.24) is 19.9 Å². The molecule has 30 heavy (non-hydrogen) atoms. The monoisotopic (exact) mass is 432 g/mol. The Morgan fingerprint density at radius 2 is 0.900 bits per heavy atom. The van der Waals surface area contributed by atoms with Crippen molar-refractivity contribution in [1.29, 1.82) is 0 Å². The van der Waals surface area contributed by atoms with E-state index >= 15 is 0 Å². The molecule has 4 aromatic rings. The number of aromatic nitrogens is 4. The molecule has 1 fully saturated rings. The third-order valence-corrected chi connectivity index (χ3v) is 6.32. The van der Waals surface area contributed by atoms with E-state index in [1.54, 1.807) is 0 Å². The van der Waals surface area contributed by atoms with Gasteiger partial charge >= 0.3 is 0 Å². The van der Waals surface area contributed by atoms with Crippen molar-refractivity contribution in [3.8, 4) is 0 Å². The summed E-state index contributed by atoms with van der Waals surface area (Å²) in [6, 6.07) is 24.7. The molecule has 6 heteroatoms. The largest absolute Gasteiger partial charge is 0.241 e. The average Bonchev–Trinajstić information content (AvgIpc) is 2.75. The molecule has 0 N–H and O–H groups in total. The van der Waals surface area contributed by atoms with Crippen LogP contribution in [0.2, 0.25) is 10.3 Å². The molecule has 0 bridgehead atoms. The lowest BCUT2D eigenvalue weighted by molar-refractivity contribution is 0.219. The Hall–Kier alpha value is -2.82. The fourth-order valence-electron chi connectivity index (χ4n) is 4.72. The number of hydrogen-bond acceptors (Lipinski definition) is 4. The summed E-state index contributed by atoms with van der Waals surface area (Å²) in [6.07, 6.45) is 3.08. The fraction of sp³-hybridized carbons (Fsp3) is 0.167. The van der Waals surface area contributed by atoms with Crippen molar-refractivity contribution < 1.29 is 0 Å². The van der Waals surface area contributed by atoms with E-state index in [1.165, 1.54) is 23.8 Å². The van der Waals surface area contributed by atoms with Gasteiger partial charge in [-0.05, 0) is 23.3 Å². The molecule has 0 saturated heterocycles. The molecular formula is C24H18Cl2N4. The molecule has 0 amide bonds. The first-order valence-corrected chi connectivity index (χ1v) is 10.5. The number of rotatable bonds is 4. The highest BCUT2D eigenvalue weighted by atomic mass is 35.5. The second kappa shape index (κ2) is 8.13. The van der Waals surface area contributed by atoms with Crippen molar-refractivity contribution in [2.75, 3.05) is 0 Å². The summed E-state index contributed by atoms with van der Waals surface area (Å²) in [5.74, 6) is 0.616. The Balaban J connectivity index is 1.69. The summed E-state index contributed by atoms with van der Waals surface area (Å²) in [7, 11) is 0. The lowest BCUT2D eigenvalue weighted by atomic mass is 9.50. The van der Waals surface area contributed by atoms with Crippen LogP contribution in [0.1, 0.15) is 46.2 Å². The van der Waals surface area contributed by atoms with Crippen molar-refractivity contribution in [2.24, 2.45) is 0 Å². The van der Waals surface area contributed by atoms with E-state index in [1.807, 2.05) is 24.3 Å². The summed E-state index contributed by atoms with van der Waals surface area (Å²) in [4.78, 5) is 17.4. The van der Waals surface area contributed by atoms with E-state index in [0.29, 0.717) is 10.3 Å². The van der Waals surface area contributed by atoms with Crippen LogP contribution < -0.4 is 0 Å². The Labute approximate surface area is 185 Å². The van der Waals surface area contributed by atoms with Gasteiger partial charge in [0.25, 0.3) is 0 Å². The quantitative estimate of drug-likeness (QED) is 0.369. The molecule has 0 atom stereocenters. The molecule has 1 aliphatic rings. The zero-order valence-corrected chi connectivity index (χ0v) is 17.4. The topological polar surface area (TPSA) is 51.6 Å². The van der Waals surface area contributed by atoms with Gasteiger partial charge in [-0.1, -0.05) is 83.9 Å². The van der Waals surface area contributed by atoms with Crippen LogP contribution in [0, 0.1) is 0 Å². The lowest BCUT2D eigenvalue weighted by Crippen LogP contribution is -2.41. The zero-order chi connectivity index (χ0) is 20.5. The molecule has 2 heterocycles. The number of halogens is 2. The van der Waals surface area contributed by atoms with Gasteiger partial charge in [-0.3, -0.25) is 0 Å². The highest BCUT2D eigenvalue weighted by Crippen LogP contribution is 2.65. The van der Waals surface area contributed by atoms with Gasteiger partial charge in [-0.15, -0.1) is 0 Å². The molecule has 0 aliphatic heterocycles. The van der Waals surface area contributed by atoms with Gasteiger partial charge in [0.15, 0.2) is 0 Å². The van der Waals surface area contributed by atoms with Crippen LogP contribution in [0.5, 0.6) is 0 Å². The first-order valence-electron chi connectivity index (χ1n) is 9.77. The Kier molecular flexibility index (Phi) is 5.19. The molecule has 148 valence electrons. The molecule has 2 aromatic carbocycles. The second-order valence-corrected chi connectivity index (χ2v) is 8.23. The number of hydrogen-bond donors (Lipinski definition) is 0. The van der Waals surface area contributed by atoms with Crippen molar-refractivity contribution in [3.63, 3.8) is 0 Å². The van der Waals surface area contributed by atoms with Crippen LogP contribution in [0.25, 0.3) is 0 Å². The van der Waals surface area contributed by atoms with Gasteiger partial charge < -0.3 is 0 Å². The maximum atomic E-state index is 6.24. The van der Waals surface area contributed by atoms with Crippen LogP contribution >= 0.6 is 23.2 Å². The van der Waals surface area contributed by atoms with Crippen LogP contribution in [0.3, 0.4) is 0 Å². The first kappa shape index (κ1) is 19.2. The molecule has 1 saturated carbocycles. The summed E-state index contributed by atoms with van der Waals surface area (Å²) in [6.45, 7) is 0. The minimum Gasteiger partial charge on any atom is -0.241 e. The summed E-state index contributed by atoms with van der Waals surface area (Å²) < 4.78 is 0. The van der Waals surface area contributed by atoms with Crippen LogP contribution in [-0.2, 0) is 0 Å². The van der Waals surface area contributed by atoms with Gasteiger partial charge in [0.2, 0.25) is 0 Å². The Morgan fingerprint density at radius 3 is 1.27 bits per heavy atom. The van der Waals surface area contributed by atoms with E-state index in [2.05, 4.69) is 68.5 Å². The predicted octanol–water partition coefficient (Wildman–Crippen LogP) is 6.02. The van der Waals surface area contributed by atoms with Crippen LogP contribution in [0.15, 0.2) is 85.5 Å². The van der Waals surface area contributed by atoms with Crippen LogP contribution in [-0.4, -0.2) is 19.9 Å². The van der Waals surface area contributed by atoms with E-state index in [-0.39, 0.29) is 23.7 Å². The summed E-state index contributed by atoms with van der Waals surface area (Å²) in [5, 5.41) is 0.902. The first-order chi connectivity index (χ1) is 14.7. The van der Waals surface area contributed by atoms with Gasteiger partial charge in [0.05, 0.1) is 0 Å². The molecule has 4 nitrogen and oxygen atoms in total. The molecule has 1 aliphatic carbocycles. The second-order valence-electron chi connectivity index (χ2n) is 7.46. The predicted molar refractivity (Wildman–Crippen MR) is 118 cm³/mol. The molecule has 0 radical (unpaired) electrons. The highest BCUT2D eigenvalue weighted by Gasteiger charge is 2.54. The van der Waals surface area contributed by atoms with E-state index in [9.17, 15) is 0 Å². The van der Waals surface area contributed by atoms with E-state index < -0.39 is 0 Å². The Bertz CT molecular complexity index is 1050.